The molecule has 4 rings (SSSR count). The molecule has 1 fully saturated rings. The Labute approximate surface area is 152 Å². The normalized spacial score (nSPS) is 20.7. The van der Waals surface area contributed by atoms with Crippen molar-refractivity contribution in [1.29, 1.82) is 0 Å². The maximum absolute atomic E-state index is 14.0. The second-order valence-electron chi connectivity index (χ2n) is 7.12. The number of benzene rings is 1. The first-order chi connectivity index (χ1) is 12.5. The fourth-order valence-electron chi connectivity index (χ4n) is 3.72. The summed E-state index contributed by atoms with van der Waals surface area (Å²) in [7, 11) is 2.09. The van der Waals surface area contributed by atoms with Crippen molar-refractivity contribution in [3.8, 4) is 0 Å². The van der Waals surface area contributed by atoms with Crippen LogP contribution in [0.1, 0.15) is 32.3 Å². The van der Waals surface area contributed by atoms with Gasteiger partial charge in [0.2, 0.25) is 5.96 Å². The highest BCUT2D eigenvalue weighted by atomic mass is 19.2. The molecule has 1 aromatic carbocycles. The van der Waals surface area contributed by atoms with Crippen molar-refractivity contribution < 1.29 is 8.78 Å². The minimum atomic E-state index is -0.868. The molecule has 26 heavy (non-hydrogen) atoms. The van der Waals surface area contributed by atoms with Gasteiger partial charge >= 0.3 is 0 Å². The summed E-state index contributed by atoms with van der Waals surface area (Å²) in [5.74, 6) is -1.01. The van der Waals surface area contributed by atoms with Gasteiger partial charge in [-0.15, -0.1) is 0 Å². The van der Waals surface area contributed by atoms with E-state index >= 15 is 0 Å². The van der Waals surface area contributed by atoms with Crippen LogP contribution in [0.2, 0.25) is 0 Å². The average Bonchev–Trinajstić information content (AvgIpc) is 2.62. The number of halogens is 2. The summed E-state index contributed by atoms with van der Waals surface area (Å²) >= 11 is 0. The fourth-order valence-corrected chi connectivity index (χ4v) is 3.72. The molecule has 3 heterocycles. The molecule has 5 nitrogen and oxygen atoms in total. The van der Waals surface area contributed by atoms with Gasteiger partial charge in [0.15, 0.2) is 11.6 Å². The lowest BCUT2D eigenvalue weighted by molar-refractivity contribution is 0.203. The number of piperazine rings is 1. The Kier molecular flexibility index (Phi) is 4.26. The largest absolute Gasteiger partial charge is 0.338 e. The van der Waals surface area contributed by atoms with Crippen LogP contribution in [0.15, 0.2) is 27.8 Å². The van der Waals surface area contributed by atoms with E-state index in [1.54, 1.807) is 0 Å². The molecule has 0 spiro atoms. The minimum absolute atomic E-state index is 0.477. The van der Waals surface area contributed by atoms with Gasteiger partial charge in [-0.25, -0.2) is 13.8 Å². The first kappa shape index (κ1) is 17.1. The Morgan fingerprint density at radius 2 is 1.77 bits per heavy atom. The summed E-state index contributed by atoms with van der Waals surface area (Å²) in [4.78, 5) is 9.13. The summed E-state index contributed by atoms with van der Waals surface area (Å²) < 4.78 is 27.8. The van der Waals surface area contributed by atoms with E-state index < -0.39 is 11.6 Å². The molecular weight excluding hydrogens is 336 g/mol. The monoisotopic (exact) mass is 359 g/mol. The van der Waals surface area contributed by atoms with Crippen molar-refractivity contribution in [3.05, 3.63) is 34.9 Å². The molecule has 0 saturated carbocycles. The van der Waals surface area contributed by atoms with Crippen LogP contribution in [0.5, 0.6) is 0 Å². The van der Waals surface area contributed by atoms with Crippen LogP contribution in [0, 0.1) is 11.6 Å². The van der Waals surface area contributed by atoms with Crippen molar-refractivity contribution in [3.63, 3.8) is 0 Å². The van der Waals surface area contributed by atoms with Gasteiger partial charge in [-0.05, 0) is 32.0 Å². The predicted octanol–water partition coefficient (Wildman–Crippen LogP) is 3.42. The number of rotatable bonds is 1. The minimum Gasteiger partial charge on any atom is -0.338 e. The molecule has 3 aliphatic heterocycles. The third-order valence-electron chi connectivity index (χ3n) is 5.20. The first-order valence-electron chi connectivity index (χ1n) is 9.05. The third-order valence-corrected chi connectivity index (χ3v) is 5.20. The number of allylic oxidation sites excluding steroid dienone is 1. The Balaban J connectivity index is 1.88. The molecule has 1 saturated heterocycles. The molecule has 0 aliphatic carbocycles. The molecule has 138 valence electrons. The molecule has 3 aliphatic rings. The van der Waals surface area contributed by atoms with Crippen LogP contribution in [0.25, 0.3) is 5.70 Å². The van der Waals surface area contributed by atoms with Crippen LogP contribution in [-0.4, -0.2) is 59.7 Å². The van der Waals surface area contributed by atoms with Crippen molar-refractivity contribution in [1.82, 2.24) is 14.8 Å². The van der Waals surface area contributed by atoms with Gasteiger partial charge in [0.05, 0.1) is 11.4 Å². The smallest absolute Gasteiger partial charge is 0.227 e. The zero-order valence-corrected chi connectivity index (χ0v) is 15.4. The van der Waals surface area contributed by atoms with Gasteiger partial charge in [-0.1, -0.05) is 6.92 Å². The Bertz CT molecular complexity index is 835. The lowest BCUT2D eigenvalue weighted by Gasteiger charge is -2.41. The predicted molar refractivity (Wildman–Crippen MR) is 99.3 cm³/mol. The zero-order valence-electron chi connectivity index (χ0n) is 15.4. The van der Waals surface area contributed by atoms with Crippen LogP contribution < -0.4 is 0 Å². The van der Waals surface area contributed by atoms with E-state index in [4.69, 9.17) is 5.10 Å². The number of nitrogens with zero attached hydrogens (tertiary/aromatic N) is 5. The second kappa shape index (κ2) is 6.46. The summed E-state index contributed by atoms with van der Waals surface area (Å²) in [5, 5.41) is 6.55. The van der Waals surface area contributed by atoms with Crippen molar-refractivity contribution in [2.45, 2.75) is 26.7 Å². The van der Waals surface area contributed by atoms with Gasteiger partial charge in [0.1, 0.15) is 0 Å². The topological polar surface area (TPSA) is 34.4 Å². The molecule has 0 radical (unpaired) electrons. The van der Waals surface area contributed by atoms with Gasteiger partial charge in [-0.2, -0.15) is 10.1 Å². The third kappa shape index (κ3) is 2.80. The SMILES string of the molecule is CCC1=C2c3cc(F)c(F)cc3N=C(N3CCN(C)CC3)N2N=C(C)C1. The van der Waals surface area contributed by atoms with E-state index in [1.165, 1.54) is 17.7 Å². The number of aliphatic imine (C=N–C) groups is 1. The zero-order chi connectivity index (χ0) is 18.4. The standard InChI is InChI=1S/C19H23F2N5/c1-4-13-9-12(2)23-26-18(13)14-10-15(20)16(21)11-17(14)22-19(26)25-7-5-24(3)6-8-25/h10-11H,4-9H2,1-3H3. The highest BCUT2D eigenvalue weighted by Gasteiger charge is 2.34. The highest BCUT2D eigenvalue weighted by Crippen LogP contribution is 2.41. The van der Waals surface area contributed by atoms with E-state index in [0.29, 0.717) is 17.2 Å². The number of fused-ring (bicyclic) bond motifs is 3. The van der Waals surface area contributed by atoms with Crippen molar-refractivity contribution in [2.24, 2.45) is 10.1 Å². The van der Waals surface area contributed by atoms with Gasteiger partial charge in [-0.3, -0.25) is 0 Å². The van der Waals surface area contributed by atoms with E-state index in [9.17, 15) is 8.78 Å². The molecule has 0 amide bonds. The van der Waals surface area contributed by atoms with E-state index in [-0.39, 0.29) is 0 Å². The summed E-state index contributed by atoms with van der Waals surface area (Å²) in [6, 6.07) is 2.45. The molecule has 7 heteroatoms. The quantitative estimate of drug-likeness (QED) is 0.771. The van der Waals surface area contributed by atoms with Crippen LogP contribution in [0.4, 0.5) is 14.5 Å². The molecule has 1 aromatic rings. The number of hydrogen-bond donors (Lipinski definition) is 0. The Morgan fingerprint density at radius 1 is 1.08 bits per heavy atom. The Hall–Kier alpha value is -2.28. The fraction of sp³-hybridized carbons (Fsp3) is 0.474. The molecular formula is C19H23F2N5. The maximum atomic E-state index is 14.0. The van der Waals surface area contributed by atoms with Crippen LogP contribution in [-0.2, 0) is 0 Å². The summed E-state index contributed by atoms with van der Waals surface area (Å²) in [5.41, 5.74) is 4.13. The van der Waals surface area contributed by atoms with E-state index in [0.717, 1.165) is 50.4 Å². The summed E-state index contributed by atoms with van der Waals surface area (Å²) in [6.45, 7) is 7.59. The Morgan fingerprint density at radius 3 is 2.46 bits per heavy atom. The van der Waals surface area contributed by atoms with E-state index in [2.05, 4.69) is 28.8 Å². The van der Waals surface area contributed by atoms with Gasteiger partial charge in [0.25, 0.3) is 0 Å². The molecule has 0 N–H and O–H groups in total. The van der Waals surface area contributed by atoms with Crippen molar-refractivity contribution in [2.75, 3.05) is 33.2 Å². The maximum Gasteiger partial charge on any atom is 0.227 e. The first-order valence-corrected chi connectivity index (χ1v) is 9.05. The molecule has 0 bridgehead atoms. The van der Waals surface area contributed by atoms with Crippen LogP contribution in [0.3, 0.4) is 0 Å². The van der Waals surface area contributed by atoms with Gasteiger partial charge in [0, 0.05) is 49.9 Å². The van der Waals surface area contributed by atoms with Gasteiger partial charge < -0.3 is 9.80 Å². The van der Waals surface area contributed by atoms with E-state index in [1.807, 2.05) is 11.9 Å². The second-order valence-corrected chi connectivity index (χ2v) is 7.12. The number of likely N-dealkylation sites (N-methyl/N-ethyl adjacent to an activating group) is 1. The lowest BCUT2D eigenvalue weighted by atomic mass is 9.96. The molecule has 0 unspecified atom stereocenters. The average molecular weight is 359 g/mol. The molecule has 0 atom stereocenters. The lowest BCUT2D eigenvalue weighted by Crippen LogP contribution is -2.52. The summed E-state index contributed by atoms with van der Waals surface area (Å²) in [6.07, 6.45) is 1.57. The number of hydrogen-bond acceptors (Lipinski definition) is 5. The molecule has 0 aromatic heterocycles. The van der Waals surface area contributed by atoms with Crippen LogP contribution >= 0.6 is 0 Å². The van der Waals surface area contributed by atoms with Crippen molar-refractivity contribution >= 4 is 23.1 Å². The number of hydrazone groups is 1. The number of guanidine groups is 1. The highest BCUT2D eigenvalue weighted by molar-refractivity contribution is 6.02.